The van der Waals surface area contributed by atoms with E-state index in [4.69, 9.17) is 5.11 Å². The van der Waals surface area contributed by atoms with Crippen LogP contribution in [0.25, 0.3) is 0 Å². The molecule has 0 radical (unpaired) electrons. The zero-order chi connectivity index (χ0) is 8.85. The Labute approximate surface area is 72.8 Å². The first-order valence-corrected chi connectivity index (χ1v) is 3.93. The number of aromatic nitrogens is 2. The van der Waals surface area contributed by atoms with Crippen LogP contribution in [-0.2, 0) is 0 Å². The van der Waals surface area contributed by atoms with Crippen LogP contribution in [0, 0.1) is 0 Å². The molecule has 1 aromatic heterocycles. The van der Waals surface area contributed by atoms with Gasteiger partial charge in [0, 0.05) is 0 Å². The molecule has 0 unspecified atom stereocenters. The van der Waals surface area contributed by atoms with Crippen molar-refractivity contribution in [2.24, 2.45) is 0 Å². The molecule has 0 saturated heterocycles. The molecule has 0 spiro atoms. The summed E-state index contributed by atoms with van der Waals surface area (Å²) in [5.41, 5.74) is 0.0787. The molecule has 1 rings (SSSR count). The van der Waals surface area contributed by atoms with Crippen LogP contribution < -0.4 is 0 Å². The van der Waals surface area contributed by atoms with Crippen molar-refractivity contribution in [3.63, 3.8) is 0 Å². The van der Waals surface area contributed by atoms with E-state index in [1.54, 1.807) is 0 Å². The SMILES string of the molecule is CC.O=C(O)c1[nH]ncc1Br. The largest absolute Gasteiger partial charge is 0.476 e. The fourth-order valence-corrected chi connectivity index (χ4v) is 0.782. The molecule has 0 fully saturated rings. The molecule has 2 N–H and O–H groups in total. The van der Waals surface area contributed by atoms with Gasteiger partial charge < -0.3 is 5.11 Å². The summed E-state index contributed by atoms with van der Waals surface area (Å²) in [7, 11) is 0. The van der Waals surface area contributed by atoms with Gasteiger partial charge in [-0.25, -0.2) is 4.79 Å². The Morgan fingerprint density at radius 1 is 1.73 bits per heavy atom. The third-order valence-corrected chi connectivity index (χ3v) is 1.41. The van der Waals surface area contributed by atoms with Gasteiger partial charge in [0.1, 0.15) is 0 Å². The number of nitrogens with zero attached hydrogens (tertiary/aromatic N) is 1. The fraction of sp³-hybridized carbons (Fsp3) is 0.333. The molecule has 62 valence electrons. The molecule has 5 heteroatoms. The van der Waals surface area contributed by atoms with Crippen LogP contribution in [0.1, 0.15) is 24.3 Å². The maximum atomic E-state index is 10.2. The Balaban J connectivity index is 0.000000461. The summed E-state index contributed by atoms with van der Waals surface area (Å²) in [6.45, 7) is 4.00. The van der Waals surface area contributed by atoms with E-state index in [1.165, 1.54) is 6.20 Å². The van der Waals surface area contributed by atoms with Crippen LogP contribution in [-0.4, -0.2) is 21.3 Å². The van der Waals surface area contributed by atoms with Crippen molar-refractivity contribution in [1.29, 1.82) is 0 Å². The average Bonchev–Trinajstić information content (AvgIpc) is 2.39. The van der Waals surface area contributed by atoms with E-state index >= 15 is 0 Å². The zero-order valence-corrected chi connectivity index (χ0v) is 7.84. The van der Waals surface area contributed by atoms with Crippen molar-refractivity contribution in [2.45, 2.75) is 13.8 Å². The van der Waals surface area contributed by atoms with Gasteiger partial charge in [-0.1, -0.05) is 13.8 Å². The van der Waals surface area contributed by atoms with Gasteiger partial charge in [-0.15, -0.1) is 0 Å². The molecule has 0 saturated carbocycles. The topological polar surface area (TPSA) is 66.0 Å². The summed E-state index contributed by atoms with van der Waals surface area (Å²) >= 11 is 2.99. The first-order valence-electron chi connectivity index (χ1n) is 3.14. The molecule has 0 bridgehead atoms. The van der Waals surface area contributed by atoms with E-state index in [0.717, 1.165) is 0 Å². The normalized spacial score (nSPS) is 8.27. The Morgan fingerprint density at radius 2 is 2.27 bits per heavy atom. The second kappa shape index (κ2) is 4.90. The number of rotatable bonds is 1. The lowest BCUT2D eigenvalue weighted by atomic mass is 10.4. The van der Waals surface area contributed by atoms with Gasteiger partial charge in [-0.05, 0) is 15.9 Å². The van der Waals surface area contributed by atoms with Gasteiger partial charge in [0.2, 0.25) is 0 Å². The Hall–Kier alpha value is -0.840. The summed E-state index contributed by atoms with van der Waals surface area (Å²) < 4.78 is 0.468. The molecule has 4 nitrogen and oxygen atoms in total. The van der Waals surface area contributed by atoms with Gasteiger partial charge in [0.05, 0.1) is 10.7 Å². The van der Waals surface area contributed by atoms with Crippen molar-refractivity contribution < 1.29 is 9.90 Å². The van der Waals surface area contributed by atoms with Gasteiger partial charge in [0.15, 0.2) is 5.69 Å². The molecule has 0 aromatic carbocycles. The van der Waals surface area contributed by atoms with Crippen molar-refractivity contribution >= 4 is 21.9 Å². The van der Waals surface area contributed by atoms with Gasteiger partial charge in [0.25, 0.3) is 0 Å². The Morgan fingerprint density at radius 3 is 2.45 bits per heavy atom. The molecular formula is C6H9BrN2O2. The van der Waals surface area contributed by atoms with Gasteiger partial charge in [-0.3, -0.25) is 5.10 Å². The van der Waals surface area contributed by atoms with E-state index in [-0.39, 0.29) is 5.69 Å². The predicted octanol–water partition coefficient (Wildman–Crippen LogP) is 1.90. The molecule has 11 heavy (non-hydrogen) atoms. The Kier molecular flexibility index (Phi) is 4.52. The van der Waals surface area contributed by atoms with Crippen molar-refractivity contribution in [2.75, 3.05) is 0 Å². The van der Waals surface area contributed by atoms with Crippen LogP contribution in [0.3, 0.4) is 0 Å². The number of halogens is 1. The van der Waals surface area contributed by atoms with Crippen LogP contribution in [0.5, 0.6) is 0 Å². The fourth-order valence-electron chi connectivity index (χ4n) is 0.421. The number of hydrogen-bond donors (Lipinski definition) is 2. The molecule has 0 aliphatic carbocycles. The number of nitrogens with one attached hydrogen (secondary N) is 1. The summed E-state index contributed by atoms with van der Waals surface area (Å²) in [5.74, 6) is -1.01. The minimum absolute atomic E-state index is 0.0787. The number of carboxylic acid groups (broad SMARTS) is 1. The molecular weight excluding hydrogens is 212 g/mol. The first-order chi connectivity index (χ1) is 5.22. The zero-order valence-electron chi connectivity index (χ0n) is 6.26. The van der Waals surface area contributed by atoms with E-state index < -0.39 is 5.97 Å². The molecule has 0 amide bonds. The number of hydrogen-bond acceptors (Lipinski definition) is 2. The van der Waals surface area contributed by atoms with E-state index in [0.29, 0.717) is 4.47 Å². The van der Waals surface area contributed by atoms with E-state index in [2.05, 4.69) is 26.1 Å². The summed E-state index contributed by atoms with van der Waals surface area (Å²) in [6.07, 6.45) is 1.39. The highest BCUT2D eigenvalue weighted by Crippen LogP contribution is 2.11. The standard InChI is InChI=1S/C4H3BrN2O2.C2H6/c5-2-1-6-7-3(2)4(8)9;1-2/h1H,(H,6,7)(H,8,9);1-2H3. The van der Waals surface area contributed by atoms with Crippen LogP contribution in [0.4, 0.5) is 0 Å². The van der Waals surface area contributed by atoms with Crippen molar-refractivity contribution in [3.05, 3.63) is 16.4 Å². The van der Waals surface area contributed by atoms with E-state index in [1.807, 2.05) is 13.8 Å². The second-order valence-corrected chi connectivity index (χ2v) is 2.25. The third-order valence-electron chi connectivity index (χ3n) is 0.807. The van der Waals surface area contributed by atoms with Crippen LogP contribution >= 0.6 is 15.9 Å². The van der Waals surface area contributed by atoms with E-state index in [9.17, 15) is 4.79 Å². The number of aromatic amines is 1. The highest BCUT2D eigenvalue weighted by Gasteiger charge is 2.08. The van der Waals surface area contributed by atoms with Crippen LogP contribution in [0.15, 0.2) is 10.7 Å². The summed E-state index contributed by atoms with van der Waals surface area (Å²) in [5, 5.41) is 14.2. The van der Waals surface area contributed by atoms with Gasteiger partial charge >= 0.3 is 5.97 Å². The van der Waals surface area contributed by atoms with Gasteiger partial charge in [-0.2, -0.15) is 5.10 Å². The Bertz CT molecular complexity index is 234. The molecule has 1 heterocycles. The maximum Gasteiger partial charge on any atom is 0.355 e. The van der Waals surface area contributed by atoms with Crippen LogP contribution in [0.2, 0.25) is 0 Å². The lowest BCUT2D eigenvalue weighted by Crippen LogP contribution is -1.96. The predicted molar refractivity (Wildman–Crippen MR) is 44.6 cm³/mol. The molecule has 0 aliphatic rings. The minimum atomic E-state index is -1.01. The maximum absolute atomic E-state index is 10.2. The average molecular weight is 221 g/mol. The smallest absolute Gasteiger partial charge is 0.355 e. The number of H-pyrrole nitrogens is 1. The lowest BCUT2D eigenvalue weighted by molar-refractivity contribution is 0.0689. The molecule has 1 aromatic rings. The second-order valence-electron chi connectivity index (χ2n) is 1.40. The number of aromatic carboxylic acids is 1. The highest BCUT2D eigenvalue weighted by atomic mass is 79.9. The lowest BCUT2D eigenvalue weighted by Gasteiger charge is -1.84. The van der Waals surface area contributed by atoms with Crippen molar-refractivity contribution in [3.8, 4) is 0 Å². The quantitative estimate of drug-likeness (QED) is 0.760. The summed E-state index contributed by atoms with van der Waals surface area (Å²) in [4.78, 5) is 10.2. The minimum Gasteiger partial charge on any atom is -0.476 e. The monoisotopic (exact) mass is 220 g/mol. The third kappa shape index (κ3) is 2.71. The molecule has 0 aliphatic heterocycles. The summed E-state index contributed by atoms with van der Waals surface area (Å²) in [6, 6.07) is 0. The van der Waals surface area contributed by atoms with Crippen molar-refractivity contribution in [1.82, 2.24) is 10.2 Å². The number of carboxylic acids is 1. The number of carbonyl (C=O) groups is 1. The first kappa shape index (κ1) is 10.2. The highest BCUT2D eigenvalue weighted by molar-refractivity contribution is 9.10. The molecule has 0 atom stereocenters.